The molecule has 2 aromatic carbocycles. The average Bonchev–Trinajstić information content (AvgIpc) is 3.53. The van der Waals surface area contributed by atoms with Crippen molar-refractivity contribution < 1.29 is 4.39 Å². The molecule has 9 heteroatoms. The second kappa shape index (κ2) is 10.1. The van der Waals surface area contributed by atoms with E-state index in [1.54, 1.807) is 23.0 Å². The van der Waals surface area contributed by atoms with E-state index in [0.717, 1.165) is 47.3 Å². The zero-order chi connectivity index (χ0) is 25.1. The summed E-state index contributed by atoms with van der Waals surface area (Å²) in [5.74, 6) is 0.0796. The lowest BCUT2D eigenvalue weighted by molar-refractivity contribution is 0.611. The monoisotopic (exact) mass is 483 g/mol. The molecular weight excluding hydrogens is 457 g/mol. The summed E-state index contributed by atoms with van der Waals surface area (Å²) in [5.41, 5.74) is 4.95. The Balaban J connectivity index is 1.49. The van der Waals surface area contributed by atoms with Gasteiger partial charge in [-0.3, -0.25) is 14.1 Å². The number of unbranched alkanes of at least 4 members (excludes halogenated alkanes) is 1. The summed E-state index contributed by atoms with van der Waals surface area (Å²) in [6.07, 6.45) is 6.20. The molecule has 5 aromatic rings. The first kappa shape index (κ1) is 23.3. The Labute approximate surface area is 207 Å². The van der Waals surface area contributed by atoms with E-state index in [1.807, 2.05) is 49.4 Å². The summed E-state index contributed by atoms with van der Waals surface area (Å²) in [7, 11) is 0. The molecule has 0 aliphatic carbocycles. The third kappa shape index (κ3) is 4.47. The average molecular weight is 484 g/mol. The van der Waals surface area contributed by atoms with Crippen LogP contribution in [0.25, 0.3) is 28.3 Å². The molecule has 0 aliphatic rings. The van der Waals surface area contributed by atoms with Crippen molar-refractivity contribution in [2.45, 2.75) is 39.7 Å². The number of halogens is 1. The number of hydrogen-bond donors (Lipinski definition) is 1. The number of aromatic nitrogens is 7. The van der Waals surface area contributed by atoms with E-state index >= 15 is 0 Å². The molecular formula is C27H26FN7O. The van der Waals surface area contributed by atoms with Gasteiger partial charge in [-0.1, -0.05) is 55.8 Å². The minimum absolute atomic E-state index is 0.263. The minimum Gasteiger partial charge on any atom is -0.292 e. The van der Waals surface area contributed by atoms with Crippen LogP contribution in [0.4, 0.5) is 4.39 Å². The Kier molecular flexibility index (Phi) is 6.53. The van der Waals surface area contributed by atoms with Crippen molar-refractivity contribution >= 4 is 0 Å². The molecule has 1 N–H and O–H groups in total. The number of nitrogens with one attached hydrogen (secondary N) is 1. The summed E-state index contributed by atoms with van der Waals surface area (Å²) in [6.45, 7) is 4.26. The molecule has 0 fully saturated rings. The molecule has 0 bridgehead atoms. The molecule has 0 spiro atoms. The van der Waals surface area contributed by atoms with Gasteiger partial charge in [0, 0.05) is 29.2 Å². The first-order valence-corrected chi connectivity index (χ1v) is 11.9. The standard InChI is InChI=1S/C27H26FN7O/c1-3-4-9-20-17-35(25-18(2)8-7-12-23(25)28)27(36)34(20)16-19-13-14-24(29-15-19)21-10-5-6-11-22(21)26-30-32-33-31-26/h5-8,10-15,17H,3-4,9,16H2,1-2H3,(H,30,31,32,33). The maximum Gasteiger partial charge on any atom is 0.333 e. The molecule has 5 rings (SSSR count). The van der Waals surface area contributed by atoms with Gasteiger partial charge in [0.05, 0.1) is 17.9 Å². The van der Waals surface area contributed by atoms with Crippen molar-refractivity contribution in [1.82, 2.24) is 34.7 Å². The van der Waals surface area contributed by atoms with Crippen molar-refractivity contribution in [3.05, 3.63) is 100 Å². The highest BCUT2D eigenvalue weighted by atomic mass is 19.1. The van der Waals surface area contributed by atoms with E-state index in [0.29, 0.717) is 23.6 Å². The van der Waals surface area contributed by atoms with E-state index in [-0.39, 0.29) is 5.69 Å². The zero-order valence-electron chi connectivity index (χ0n) is 20.1. The van der Waals surface area contributed by atoms with Crippen molar-refractivity contribution in [2.24, 2.45) is 0 Å². The topological polar surface area (TPSA) is 94.3 Å². The summed E-state index contributed by atoms with van der Waals surface area (Å²) in [4.78, 5) is 18.1. The molecule has 0 aliphatic heterocycles. The molecule has 0 amide bonds. The summed E-state index contributed by atoms with van der Waals surface area (Å²) >= 11 is 0. The Bertz CT molecular complexity index is 1520. The van der Waals surface area contributed by atoms with Gasteiger partial charge in [-0.15, -0.1) is 10.2 Å². The van der Waals surface area contributed by atoms with Crippen LogP contribution < -0.4 is 5.69 Å². The van der Waals surface area contributed by atoms with Crippen molar-refractivity contribution in [2.75, 3.05) is 0 Å². The predicted octanol–water partition coefficient (Wildman–Crippen LogP) is 4.72. The normalized spacial score (nSPS) is 11.2. The second-order valence-electron chi connectivity index (χ2n) is 8.70. The number of hydrogen-bond acceptors (Lipinski definition) is 5. The number of benzene rings is 2. The van der Waals surface area contributed by atoms with Crippen LogP contribution in [0.2, 0.25) is 0 Å². The van der Waals surface area contributed by atoms with Gasteiger partial charge >= 0.3 is 5.69 Å². The van der Waals surface area contributed by atoms with Gasteiger partial charge in [-0.05, 0) is 48.2 Å². The van der Waals surface area contributed by atoms with E-state index in [4.69, 9.17) is 0 Å². The second-order valence-corrected chi connectivity index (χ2v) is 8.70. The number of aromatic amines is 1. The number of para-hydroxylation sites is 1. The van der Waals surface area contributed by atoms with Gasteiger partial charge < -0.3 is 0 Å². The third-order valence-electron chi connectivity index (χ3n) is 6.23. The molecule has 0 radical (unpaired) electrons. The van der Waals surface area contributed by atoms with Gasteiger partial charge in [0.2, 0.25) is 5.82 Å². The highest BCUT2D eigenvalue weighted by Gasteiger charge is 2.17. The fourth-order valence-electron chi connectivity index (χ4n) is 4.38. The van der Waals surface area contributed by atoms with Gasteiger partial charge in [-0.2, -0.15) is 5.21 Å². The maximum atomic E-state index is 14.7. The van der Waals surface area contributed by atoms with E-state index in [2.05, 4.69) is 32.5 Å². The molecule has 182 valence electrons. The number of imidazole rings is 1. The lowest BCUT2D eigenvalue weighted by atomic mass is 10.0. The van der Waals surface area contributed by atoms with Gasteiger partial charge in [0.15, 0.2) is 0 Å². The van der Waals surface area contributed by atoms with E-state index in [1.165, 1.54) is 10.6 Å². The smallest absolute Gasteiger partial charge is 0.292 e. The van der Waals surface area contributed by atoms with Gasteiger partial charge in [0.25, 0.3) is 0 Å². The number of tetrazole rings is 1. The van der Waals surface area contributed by atoms with Crippen LogP contribution in [-0.4, -0.2) is 34.7 Å². The number of pyridine rings is 1. The van der Waals surface area contributed by atoms with Crippen molar-refractivity contribution in [3.8, 4) is 28.3 Å². The first-order chi connectivity index (χ1) is 17.6. The molecule has 0 unspecified atom stereocenters. The maximum absolute atomic E-state index is 14.7. The Morgan fingerprint density at radius 2 is 1.86 bits per heavy atom. The van der Waals surface area contributed by atoms with Crippen LogP contribution in [0.3, 0.4) is 0 Å². The van der Waals surface area contributed by atoms with E-state index in [9.17, 15) is 9.18 Å². The summed E-state index contributed by atoms with van der Waals surface area (Å²) in [6, 6.07) is 16.4. The van der Waals surface area contributed by atoms with Crippen molar-refractivity contribution in [3.63, 3.8) is 0 Å². The molecule has 0 saturated heterocycles. The molecule has 3 heterocycles. The SMILES string of the molecule is CCCCc1cn(-c2c(C)cccc2F)c(=O)n1Cc1ccc(-c2ccccc2-c2nn[nH]n2)nc1. The molecule has 0 saturated carbocycles. The number of rotatable bonds is 8. The van der Waals surface area contributed by atoms with Crippen molar-refractivity contribution in [1.29, 1.82) is 0 Å². The number of H-pyrrole nitrogens is 1. The largest absolute Gasteiger partial charge is 0.333 e. The molecule has 0 atom stereocenters. The Hall–Kier alpha value is -4.40. The third-order valence-corrected chi connectivity index (χ3v) is 6.23. The quantitative estimate of drug-likeness (QED) is 0.345. The van der Waals surface area contributed by atoms with E-state index < -0.39 is 5.82 Å². The Morgan fingerprint density at radius 1 is 1.03 bits per heavy atom. The van der Waals surface area contributed by atoms with Gasteiger partial charge in [-0.25, -0.2) is 9.18 Å². The van der Waals surface area contributed by atoms with Gasteiger partial charge in [0.1, 0.15) is 5.82 Å². The highest BCUT2D eigenvalue weighted by Crippen LogP contribution is 2.28. The van der Waals surface area contributed by atoms with Crippen LogP contribution in [-0.2, 0) is 13.0 Å². The molecule has 8 nitrogen and oxygen atoms in total. The lowest BCUT2D eigenvalue weighted by Crippen LogP contribution is -2.25. The lowest BCUT2D eigenvalue weighted by Gasteiger charge is -2.09. The predicted molar refractivity (Wildman–Crippen MR) is 135 cm³/mol. The zero-order valence-corrected chi connectivity index (χ0v) is 20.1. The first-order valence-electron chi connectivity index (χ1n) is 11.9. The fourth-order valence-corrected chi connectivity index (χ4v) is 4.38. The fraction of sp³-hybridized carbons (Fsp3) is 0.222. The number of aryl methyl sites for hydroxylation is 2. The number of nitrogens with zero attached hydrogens (tertiary/aromatic N) is 6. The van der Waals surface area contributed by atoms with Crippen LogP contribution in [0.1, 0.15) is 36.6 Å². The summed E-state index contributed by atoms with van der Waals surface area (Å²) in [5, 5.41) is 14.3. The van der Waals surface area contributed by atoms with Crippen LogP contribution in [0.5, 0.6) is 0 Å². The summed E-state index contributed by atoms with van der Waals surface area (Å²) < 4.78 is 17.8. The molecule has 3 aromatic heterocycles. The molecule has 36 heavy (non-hydrogen) atoms. The highest BCUT2D eigenvalue weighted by molar-refractivity contribution is 5.78. The minimum atomic E-state index is -0.414. The Morgan fingerprint density at radius 3 is 2.56 bits per heavy atom. The van der Waals surface area contributed by atoms with Crippen LogP contribution in [0.15, 0.2) is 71.8 Å². The van der Waals surface area contributed by atoms with Crippen LogP contribution in [0, 0.1) is 12.7 Å². The van der Waals surface area contributed by atoms with Crippen LogP contribution >= 0.6 is 0 Å².